The summed E-state index contributed by atoms with van der Waals surface area (Å²) in [5.74, 6) is -1.16. The Morgan fingerprint density at radius 1 is 0.964 bits per heavy atom. The van der Waals surface area contributed by atoms with Gasteiger partial charge in [0.2, 0.25) is 0 Å². The number of alkyl halides is 6. The van der Waals surface area contributed by atoms with Crippen molar-refractivity contribution < 1.29 is 36.2 Å². The molecule has 1 unspecified atom stereocenters. The van der Waals surface area contributed by atoms with Gasteiger partial charge in [-0.15, -0.1) is 13.2 Å². The van der Waals surface area contributed by atoms with Crippen LogP contribution in [0.25, 0.3) is 11.1 Å². The summed E-state index contributed by atoms with van der Waals surface area (Å²) in [6, 6.07) is 6.79. The summed E-state index contributed by atoms with van der Waals surface area (Å²) in [5, 5.41) is 10.6. The summed E-state index contributed by atoms with van der Waals surface area (Å²) in [5.41, 5.74) is -4.25. The fourth-order valence-corrected chi connectivity index (χ4v) is 3.27. The monoisotopic (exact) mass is 446 g/mol. The Kier molecular flexibility index (Phi) is 6.47. The van der Waals surface area contributed by atoms with Gasteiger partial charge < -0.3 is 9.84 Å². The Morgan fingerprint density at radius 2 is 1.61 bits per heavy atom. The molecule has 1 atom stereocenters. The van der Waals surface area contributed by atoms with Crippen LogP contribution in [0.3, 0.4) is 0 Å². The Hall–Kier alpha value is -1.64. The number of hydrogen-bond donors (Lipinski definition) is 1. The lowest BCUT2D eigenvalue weighted by Crippen LogP contribution is -2.42. The van der Waals surface area contributed by atoms with Gasteiger partial charge in [-0.3, -0.25) is 0 Å². The molecular weight excluding hydrogens is 433 g/mol. The molecule has 28 heavy (non-hydrogen) atoms. The highest BCUT2D eigenvalue weighted by Crippen LogP contribution is 2.48. The van der Waals surface area contributed by atoms with E-state index < -0.39 is 35.9 Å². The third-order valence-corrected chi connectivity index (χ3v) is 4.52. The topological polar surface area (TPSA) is 29.5 Å². The standard InChI is InChI=1S/C18H14Cl2F6O2/c1-2-7-16(27,17(21,22)23)13-6-3-10(8-15(13)28-18(24,25)26)12-5-4-11(19)9-14(12)20/h3-6,8-9,27H,2,7H2,1H3. The molecule has 0 saturated heterocycles. The SMILES string of the molecule is CCCC(O)(c1ccc(-c2ccc(Cl)cc2Cl)cc1OC(F)(F)F)C(F)(F)F. The average Bonchev–Trinajstić information content (AvgIpc) is 2.52. The van der Waals surface area contributed by atoms with E-state index in [1.807, 2.05) is 0 Å². The van der Waals surface area contributed by atoms with Gasteiger partial charge in [0.1, 0.15) is 5.75 Å². The van der Waals surface area contributed by atoms with Gasteiger partial charge in [-0.1, -0.05) is 54.7 Å². The van der Waals surface area contributed by atoms with Crippen molar-refractivity contribution in [2.45, 2.75) is 37.9 Å². The van der Waals surface area contributed by atoms with Crippen molar-refractivity contribution in [1.82, 2.24) is 0 Å². The van der Waals surface area contributed by atoms with Crippen molar-refractivity contribution in [3.05, 3.63) is 52.0 Å². The van der Waals surface area contributed by atoms with E-state index in [1.165, 1.54) is 25.1 Å². The fourth-order valence-electron chi connectivity index (χ4n) is 2.76. The molecule has 154 valence electrons. The molecule has 0 heterocycles. The van der Waals surface area contributed by atoms with Gasteiger partial charge in [0, 0.05) is 21.2 Å². The van der Waals surface area contributed by atoms with Crippen LogP contribution in [0.15, 0.2) is 36.4 Å². The molecule has 1 N–H and O–H groups in total. The zero-order valence-electron chi connectivity index (χ0n) is 14.3. The molecule has 0 aliphatic rings. The van der Waals surface area contributed by atoms with E-state index in [0.717, 1.165) is 18.2 Å². The minimum atomic E-state index is -5.27. The molecule has 0 radical (unpaired) electrons. The largest absolute Gasteiger partial charge is 0.573 e. The predicted octanol–water partition coefficient (Wildman–Crippen LogP) is 7.11. The summed E-state index contributed by atoms with van der Waals surface area (Å²) in [6.07, 6.45) is -11.5. The Labute approximate surface area is 166 Å². The maximum absolute atomic E-state index is 13.5. The summed E-state index contributed by atoms with van der Waals surface area (Å²) < 4.78 is 82.8. The Balaban J connectivity index is 2.70. The summed E-state index contributed by atoms with van der Waals surface area (Å²) in [4.78, 5) is 0. The quantitative estimate of drug-likeness (QED) is 0.495. The number of aliphatic hydroxyl groups is 1. The number of hydrogen-bond acceptors (Lipinski definition) is 2. The van der Waals surface area contributed by atoms with E-state index in [0.29, 0.717) is 0 Å². The van der Waals surface area contributed by atoms with Crippen LogP contribution in [-0.2, 0) is 5.60 Å². The summed E-state index contributed by atoms with van der Waals surface area (Å²) in [7, 11) is 0. The predicted molar refractivity (Wildman–Crippen MR) is 93.4 cm³/mol. The van der Waals surface area contributed by atoms with Crippen LogP contribution in [0.5, 0.6) is 5.75 Å². The van der Waals surface area contributed by atoms with Crippen LogP contribution in [0.2, 0.25) is 10.0 Å². The van der Waals surface area contributed by atoms with E-state index in [2.05, 4.69) is 4.74 Å². The zero-order chi connectivity index (χ0) is 21.3. The van der Waals surface area contributed by atoms with Crippen LogP contribution in [-0.4, -0.2) is 17.6 Å². The van der Waals surface area contributed by atoms with E-state index in [9.17, 15) is 31.4 Å². The Bertz CT molecular complexity index is 851. The second-order valence-corrected chi connectivity index (χ2v) is 6.83. The fraction of sp³-hybridized carbons (Fsp3) is 0.333. The molecule has 0 saturated carbocycles. The van der Waals surface area contributed by atoms with Crippen molar-refractivity contribution in [1.29, 1.82) is 0 Å². The highest BCUT2D eigenvalue weighted by Gasteiger charge is 2.56. The van der Waals surface area contributed by atoms with Crippen molar-refractivity contribution in [3.8, 4) is 16.9 Å². The van der Waals surface area contributed by atoms with Gasteiger partial charge in [-0.2, -0.15) is 13.2 Å². The molecule has 0 spiro atoms. The van der Waals surface area contributed by atoms with Gasteiger partial charge in [0.05, 0.1) is 0 Å². The molecule has 0 aliphatic heterocycles. The number of rotatable bonds is 5. The second-order valence-electron chi connectivity index (χ2n) is 5.99. The lowest BCUT2D eigenvalue weighted by molar-refractivity contribution is -0.284. The third-order valence-electron chi connectivity index (χ3n) is 3.98. The third kappa shape index (κ3) is 4.85. The number of ether oxygens (including phenoxy) is 1. The van der Waals surface area contributed by atoms with Crippen LogP contribution < -0.4 is 4.74 Å². The maximum atomic E-state index is 13.5. The number of benzene rings is 2. The minimum absolute atomic E-state index is 0.0608. The summed E-state index contributed by atoms with van der Waals surface area (Å²) in [6.45, 7) is 1.36. The van der Waals surface area contributed by atoms with Crippen LogP contribution >= 0.6 is 23.2 Å². The first-order valence-corrected chi connectivity index (χ1v) is 8.69. The zero-order valence-corrected chi connectivity index (χ0v) is 15.8. The van der Waals surface area contributed by atoms with Gasteiger partial charge in [0.15, 0.2) is 5.60 Å². The van der Waals surface area contributed by atoms with E-state index in [4.69, 9.17) is 23.2 Å². The van der Waals surface area contributed by atoms with Gasteiger partial charge in [-0.05, 0) is 30.2 Å². The van der Waals surface area contributed by atoms with Crippen LogP contribution in [0.1, 0.15) is 25.3 Å². The molecule has 2 nitrogen and oxygen atoms in total. The van der Waals surface area contributed by atoms with E-state index in [1.54, 1.807) is 0 Å². The molecular formula is C18H14Cl2F6O2. The van der Waals surface area contributed by atoms with E-state index in [-0.39, 0.29) is 27.6 Å². The highest BCUT2D eigenvalue weighted by molar-refractivity contribution is 6.36. The summed E-state index contributed by atoms with van der Waals surface area (Å²) >= 11 is 11.8. The first-order chi connectivity index (χ1) is 12.8. The lowest BCUT2D eigenvalue weighted by atomic mass is 9.86. The smallest absolute Gasteiger partial charge is 0.405 e. The van der Waals surface area contributed by atoms with Gasteiger partial charge >= 0.3 is 12.5 Å². The lowest BCUT2D eigenvalue weighted by Gasteiger charge is -2.32. The van der Waals surface area contributed by atoms with Crippen molar-refractivity contribution >= 4 is 23.2 Å². The molecule has 0 aliphatic carbocycles. The Morgan fingerprint density at radius 3 is 2.11 bits per heavy atom. The molecule has 10 heteroatoms. The van der Waals surface area contributed by atoms with Crippen molar-refractivity contribution in [2.24, 2.45) is 0 Å². The van der Waals surface area contributed by atoms with E-state index >= 15 is 0 Å². The normalized spacial score (nSPS) is 14.6. The minimum Gasteiger partial charge on any atom is -0.405 e. The molecule has 0 bridgehead atoms. The van der Waals surface area contributed by atoms with Gasteiger partial charge in [0.25, 0.3) is 0 Å². The average molecular weight is 447 g/mol. The molecule has 2 rings (SSSR count). The number of halogens is 8. The molecule has 0 amide bonds. The van der Waals surface area contributed by atoms with Crippen molar-refractivity contribution in [3.63, 3.8) is 0 Å². The van der Waals surface area contributed by atoms with Crippen LogP contribution in [0, 0.1) is 0 Å². The molecule has 0 aromatic heterocycles. The second kappa shape index (κ2) is 8.00. The highest BCUT2D eigenvalue weighted by atomic mass is 35.5. The molecule has 0 fully saturated rings. The molecule has 2 aromatic rings. The first kappa shape index (κ1) is 22.6. The van der Waals surface area contributed by atoms with Crippen LogP contribution in [0.4, 0.5) is 26.3 Å². The van der Waals surface area contributed by atoms with Crippen molar-refractivity contribution in [2.75, 3.05) is 0 Å². The molecule has 2 aromatic carbocycles. The maximum Gasteiger partial charge on any atom is 0.573 e. The van der Waals surface area contributed by atoms with Gasteiger partial charge in [-0.25, -0.2) is 0 Å². The first-order valence-electron chi connectivity index (χ1n) is 7.93.